The third kappa shape index (κ3) is 1.08. The summed E-state index contributed by atoms with van der Waals surface area (Å²) >= 11 is 2.18. The molecular weight excluding hydrogens is 265 g/mol. The van der Waals surface area contributed by atoms with Crippen LogP contribution in [0.25, 0.3) is 11.0 Å². The molecule has 0 saturated carbocycles. The molecule has 12 heavy (non-hydrogen) atoms. The Kier molecular flexibility index (Phi) is 1.77. The maximum absolute atomic E-state index is 8.64. The zero-order chi connectivity index (χ0) is 8.55. The van der Waals surface area contributed by atoms with E-state index in [1.807, 2.05) is 12.1 Å². The average molecular weight is 269 g/mol. The molecule has 0 atom stereocenters. The molecule has 1 heterocycles. The van der Waals surface area contributed by atoms with Crippen LogP contribution in [0.3, 0.4) is 0 Å². The van der Waals surface area contributed by atoms with Gasteiger partial charge in [0.2, 0.25) is 0 Å². The van der Waals surface area contributed by atoms with Crippen LogP contribution in [0.5, 0.6) is 0 Å². The van der Waals surface area contributed by atoms with E-state index in [4.69, 9.17) is 9.68 Å². The lowest BCUT2D eigenvalue weighted by Gasteiger charge is -1.88. The van der Waals surface area contributed by atoms with Gasteiger partial charge >= 0.3 is 0 Å². The molecule has 0 aliphatic carbocycles. The van der Waals surface area contributed by atoms with E-state index < -0.39 is 0 Å². The number of hydrogen-bond acceptors (Lipinski definition) is 2. The van der Waals surface area contributed by atoms with Crippen LogP contribution in [0.15, 0.2) is 28.9 Å². The second-order valence-electron chi connectivity index (χ2n) is 2.41. The Balaban J connectivity index is 2.82. The molecule has 0 radical (unpaired) electrons. The number of halogens is 1. The lowest BCUT2D eigenvalue weighted by atomic mass is 10.2. The normalized spacial score (nSPS) is 10.0. The fourth-order valence-corrected chi connectivity index (χ4v) is 1.62. The van der Waals surface area contributed by atoms with Crippen LogP contribution in [0, 0.1) is 14.9 Å². The minimum absolute atomic E-state index is 0.668. The lowest BCUT2D eigenvalue weighted by Crippen LogP contribution is -1.72. The van der Waals surface area contributed by atoms with E-state index in [9.17, 15) is 0 Å². The van der Waals surface area contributed by atoms with Gasteiger partial charge in [-0.05, 0) is 40.8 Å². The van der Waals surface area contributed by atoms with Crippen molar-refractivity contribution in [3.05, 3.63) is 33.6 Å². The molecule has 2 rings (SSSR count). The van der Waals surface area contributed by atoms with E-state index in [1.54, 1.807) is 12.3 Å². The summed E-state index contributed by atoms with van der Waals surface area (Å²) in [5.74, 6) is 0. The van der Waals surface area contributed by atoms with Crippen molar-refractivity contribution in [1.29, 1.82) is 5.26 Å². The summed E-state index contributed by atoms with van der Waals surface area (Å²) < 4.78 is 6.27. The minimum Gasteiger partial charge on any atom is -0.463 e. The maximum Gasteiger partial charge on any atom is 0.135 e. The van der Waals surface area contributed by atoms with Crippen LogP contribution >= 0.6 is 22.6 Å². The van der Waals surface area contributed by atoms with Gasteiger partial charge in [-0.15, -0.1) is 0 Å². The highest BCUT2D eigenvalue weighted by atomic mass is 127. The first-order chi connectivity index (χ1) is 5.81. The third-order valence-corrected chi connectivity index (χ3v) is 2.49. The van der Waals surface area contributed by atoms with Crippen molar-refractivity contribution in [2.45, 2.75) is 0 Å². The van der Waals surface area contributed by atoms with Gasteiger partial charge in [-0.2, -0.15) is 5.26 Å². The molecule has 0 spiro atoms. The number of nitrogens with zero attached hydrogens (tertiary/aromatic N) is 1. The van der Waals surface area contributed by atoms with Crippen molar-refractivity contribution in [3.63, 3.8) is 0 Å². The smallest absolute Gasteiger partial charge is 0.135 e. The third-order valence-electron chi connectivity index (χ3n) is 1.66. The highest BCUT2D eigenvalue weighted by Crippen LogP contribution is 2.23. The van der Waals surface area contributed by atoms with Crippen LogP contribution in [-0.2, 0) is 0 Å². The first kappa shape index (κ1) is 7.62. The van der Waals surface area contributed by atoms with Crippen LogP contribution in [0.1, 0.15) is 5.56 Å². The molecular formula is C9H4INO. The van der Waals surface area contributed by atoms with Gasteiger partial charge in [-0.3, -0.25) is 0 Å². The van der Waals surface area contributed by atoms with Gasteiger partial charge in [0.05, 0.1) is 15.2 Å². The van der Waals surface area contributed by atoms with Gasteiger partial charge in [0.25, 0.3) is 0 Å². The molecule has 2 aromatic rings. The molecule has 0 saturated heterocycles. The molecule has 0 unspecified atom stereocenters. The summed E-state index contributed by atoms with van der Waals surface area (Å²) in [5.41, 5.74) is 1.50. The number of rotatable bonds is 0. The number of nitriles is 1. The molecule has 0 fully saturated rings. The number of benzene rings is 1. The largest absolute Gasteiger partial charge is 0.463 e. The molecule has 3 heteroatoms. The SMILES string of the molecule is N#Cc1ccc2occ(I)c2c1. The molecule has 0 aliphatic heterocycles. The van der Waals surface area contributed by atoms with Crippen molar-refractivity contribution in [3.8, 4) is 6.07 Å². The van der Waals surface area contributed by atoms with Crippen molar-refractivity contribution >= 4 is 33.6 Å². The molecule has 58 valence electrons. The predicted molar refractivity (Wildman–Crippen MR) is 53.6 cm³/mol. The minimum atomic E-state index is 0.668. The standard InChI is InChI=1S/C9H4INO/c10-8-5-12-9-2-1-6(4-11)3-7(8)9/h1-3,5H. The number of fused-ring (bicyclic) bond motifs is 1. The van der Waals surface area contributed by atoms with Crippen LogP contribution in [0.2, 0.25) is 0 Å². The second kappa shape index (κ2) is 2.79. The first-order valence-corrected chi connectivity index (χ1v) is 4.46. The molecule has 0 aliphatic rings. The maximum atomic E-state index is 8.64. The highest BCUT2D eigenvalue weighted by molar-refractivity contribution is 14.1. The van der Waals surface area contributed by atoms with Crippen molar-refractivity contribution in [2.24, 2.45) is 0 Å². The van der Waals surface area contributed by atoms with Gasteiger partial charge in [0, 0.05) is 5.39 Å². The number of furan rings is 1. The predicted octanol–water partition coefficient (Wildman–Crippen LogP) is 2.91. The fourth-order valence-electron chi connectivity index (χ4n) is 1.07. The lowest BCUT2D eigenvalue weighted by molar-refractivity contribution is 0.613. The Hall–Kier alpha value is -1.02. The van der Waals surface area contributed by atoms with Gasteiger partial charge in [0.15, 0.2) is 0 Å². The van der Waals surface area contributed by atoms with Gasteiger partial charge in [-0.25, -0.2) is 0 Å². The van der Waals surface area contributed by atoms with Crippen LogP contribution in [0.4, 0.5) is 0 Å². The first-order valence-electron chi connectivity index (χ1n) is 3.38. The quantitative estimate of drug-likeness (QED) is 0.689. The van der Waals surface area contributed by atoms with Crippen LogP contribution < -0.4 is 0 Å². The van der Waals surface area contributed by atoms with E-state index in [0.717, 1.165) is 14.5 Å². The van der Waals surface area contributed by atoms with Crippen LogP contribution in [-0.4, -0.2) is 0 Å². The zero-order valence-corrected chi connectivity index (χ0v) is 8.20. The average Bonchev–Trinajstić information content (AvgIpc) is 2.47. The topological polar surface area (TPSA) is 36.9 Å². The zero-order valence-electron chi connectivity index (χ0n) is 6.04. The second-order valence-corrected chi connectivity index (χ2v) is 3.57. The Morgan fingerprint density at radius 3 is 3.00 bits per heavy atom. The highest BCUT2D eigenvalue weighted by Gasteiger charge is 2.02. The molecule has 0 bridgehead atoms. The Morgan fingerprint density at radius 1 is 1.42 bits per heavy atom. The summed E-state index contributed by atoms with van der Waals surface area (Å²) in [6.07, 6.45) is 1.69. The van der Waals surface area contributed by atoms with Gasteiger partial charge in [0.1, 0.15) is 11.8 Å². The molecule has 0 N–H and O–H groups in total. The Morgan fingerprint density at radius 2 is 2.25 bits per heavy atom. The van der Waals surface area contributed by atoms with Crippen molar-refractivity contribution < 1.29 is 4.42 Å². The van der Waals surface area contributed by atoms with Gasteiger partial charge in [-0.1, -0.05) is 0 Å². The van der Waals surface area contributed by atoms with E-state index in [2.05, 4.69) is 28.7 Å². The van der Waals surface area contributed by atoms with Crippen molar-refractivity contribution in [2.75, 3.05) is 0 Å². The Bertz CT molecular complexity index is 467. The summed E-state index contributed by atoms with van der Waals surface area (Å²) in [7, 11) is 0. The monoisotopic (exact) mass is 269 g/mol. The Labute approximate surface area is 82.9 Å². The fraction of sp³-hybridized carbons (Fsp3) is 0. The van der Waals surface area contributed by atoms with E-state index in [-0.39, 0.29) is 0 Å². The summed E-state index contributed by atoms with van der Waals surface area (Å²) in [6.45, 7) is 0. The van der Waals surface area contributed by atoms with E-state index in [1.165, 1.54) is 0 Å². The molecule has 2 nitrogen and oxygen atoms in total. The molecule has 0 amide bonds. The van der Waals surface area contributed by atoms with E-state index >= 15 is 0 Å². The van der Waals surface area contributed by atoms with Crippen molar-refractivity contribution in [1.82, 2.24) is 0 Å². The summed E-state index contributed by atoms with van der Waals surface area (Å²) in [5, 5.41) is 9.65. The van der Waals surface area contributed by atoms with E-state index in [0.29, 0.717) is 5.56 Å². The van der Waals surface area contributed by atoms with Gasteiger partial charge < -0.3 is 4.42 Å². The summed E-state index contributed by atoms with van der Waals surface area (Å²) in [4.78, 5) is 0. The number of hydrogen-bond donors (Lipinski definition) is 0. The summed E-state index contributed by atoms with van der Waals surface area (Å²) in [6, 6.07) is 7.49. The molecule has 1 aromatic heterocycles. The molecule has 1 aromatic carbocycles.